The van der Waals surface area contributed by atoms with Crippen LogP contribution in [0.4, 0.5) is 17.6 Å². The van der Waals surface area contributed by atoms with Crippen molar-refractivity contribution >= 4 is 39.1 Å². The molecule has 0 aliphatic rings. The van der Waals surface area contributed by atoms with Gasteiger partial charge in [0.2, 0.25) is 0 Å². The predicted molar refractivity (Wildman–Crippen MR) is 75.2 cm³/mol. The van der Waals surface area contributed by atoms with Crippen LogP contribution in [0.15, 0.2) is 16.6 Å². The molecule has 0 saturated carbocycles. The Bertz CT molecular complexity index is 727. The number of alkyl halides is 3. The molecule has 0 saturated heterocycles. The van der Waals surface area contributed by atoms with Gasteiger partial charge in [-0.2, -0.15) is 13.2 Å². The van der Waals surface area contributed by atoms with Crippen molar-refractivity contribution in [2.45, 2.75) is 6.18 Å². The lowest BCUT2D eigenvalue weighted by molar-refractivity contribution is -0.143. The fourth-order valence-corrected chi connectivity index (χ4v) is 3.33. The normalized spacial score (nSPS) is 12.0. The summed E-state index contributed by atoms with van der Waals surface area (Å²) < 4.78 is 53.2. The van der Waals surface area contributed by atoms with Gasteiger partial charge in [0.25, 0.3) is 0 Å². The number of hydrogen-bond donors (Lipinski definition) is 1. The number of phenols is 1. The average molecular weight is 407 g/mol. The molecule has 114 valence electrons. The Balaban J connectivity index is 2.81. The van der Waals surface area contributed by atoms with Crippen LogP contribution in [0.2, 0.25) is 10.2 Å². The molecule has 0 atom stereocenters. The molecule has 2 rings (SSSR count). The first kappa shape index (κ1) is 16.5. The largest absolute Gasteiger partial charge is 0.506 e. The number of nitrogens with zero attached hydrogens (tertiary/aromatic N) is 1. The molecule has 21 heavy (non-hydrogen) atoms. The molecule has 1 aromatic heterocycles. The summed E-state index contributed by atoms with van der Waals surface area (Å²) in [6.07, 6.45) is -4.68. The summed E-state index contributed by atoms with van der Waals surface area (Å²) in [7, 11) is 1.10. The van der Waals surface area contributed by atoms with Gasteiger partial charge < -0.3 is 9.67 Å². The molecule has 1 N–H and O–H groups in total. The van der Waals surface area contributed by atoms with Gasteiger partial charge in [-0.15, -0.1) is 0 Å². The van der Waals surface area contributed by atoms with Crippen LogP contribution in [-0.4, -0.2) is 9.67 Å². The quantitative estimate of drug-likeness (QED) is 0.610. The molecule has 0 unspecified atom stereocenters. The third-order valence-corrected chi connectivity index (χ3v) is 4.36. The van der Waals surface area contributed by atoms with Crippen molar-refractivity contribution in [2.75, 3.05) is 0 Å². The maximum atomic E-state index is 13.9. The highest BCUT2D eigenvalue weighted by Gasteiger charge is 2.39. The molecule has 0 aliphatic carbocycles. The maximum Gasteiger partial charge on any atom is 0.432 e. The van der Waals surface area contributed by atoms with Crippen LogP contribution < -0.4 is 0 Å². The van der Waals surface area contributed by atoms with E-state index in [0.29, 0.717) is 4.57 Å². The molecule has 0 spiro atoms. The fraction of sp³-hybridized carbons (Fsp3) is 0.167. The van der Waals surface area contributed by atoms with Gasteiger partial charge in [-0.3, -0.25) is 0 Å². The summed E-state index contributed by atoms with van der Waals surface area (Å²) >= 11 is 14.2. The lowest BCUT2D eigenvalue weighted by atomic mass is 10.1. The van der Waals surface area contributed by atoms with Crippen molar-refractivity contribution < 1.29 is 22.7 Å². The number of aromatic hydroxyl groups is 1. The van der Waals surface area contributed by atoms with E-state index in [-0.39, 0.29) is 21.3 Å². The minimum absolute atomic E-state index is 0.212. The van der Waals surface area contributed by atoms with E-state index in [4.69, 9.17) is 23.2 Å². The van der Waals surface area contributed by atoms with E-state index in [2.05, 4.69) is 15.9 Å². The smallest absolute Gasteiger partial charge is 0.432 e. The zero-order valence-electron chi connectivity index (χ0n) is 10.2. The molecule has 0 fully saturated rings. The van der Waals surface area contributed by atoms with Crippen LogP contribution in [0.3, 0.4) is 0 Å². The lowest BCUT2D eigenvalue weighted by Gasteiger charge is -2.08. The molecule has 0 aliphatic heterocycles. The molecular weight excluding hydrogens is 401 g/mol. The van der Waals surface area contributed by atoms with Gasteiger partial charge in [-0.25, -0.2) is 4.39 Å². The Labute approximate surface area is 135 Å². The summed E-state index contributed by atoms with van der Waals surface area (Å²) in [4.78, 5) is 0. The van der Waals surface area contributed by atoms with Crippen molar-refractivity contribution in [3.63, 3.8) is 0 Å². The highest BCUT2D eigenvalue weighted by molar-refractivity contribution is 9.10. The topological polar surface area (TPSA) is 25.2 Å². The molecule has 1 heterocycles. The first-order chi connectivity index (χ1) is 9.55. The van der Waals surface area contributed by atoms with E-state index >= 15 is 0 Å². The zero-order valence-corrected chi connectivity index (χ0v) is 13.3. The van der Waals surface area contributed by atoms with Crippen molar-refractivity contribution in [2.24, 2.45) is 7.05 Å². The first-order valence-electron chi connectivity index (χ1n) is 5.35. The summed E-state index contributed by atoms with van der Waals surface area (Å²) in [6, 6.07) is 1.72. The van der Waals surface area contributed by atoms with E-state index in [1.54, 1.807) is 0 Å². The number of halogens is 7. The third-order valence-electron chi connectivity index (χ3n) is 2.84. The number of phenolic OH excluding ortho intramolecular Hbond substituents is 1. The Morgan fingerprint density at radius 1 is 1.24 bits per heavy atom. The van der Waals surface area contributed by atoms with Crippen LogP contribution in [0.25, 0.3) is 11.1 Å². The van der Waals surface area contributed by atoms with Crippen LogP contribution in [0.1, 0.15) is 5.69 Å². The second kappa shape index (κ2) is 5.37. The van der Waals surface area contributed by atoms with Gasteiger partial charge >= 0.3 is 6.18 Å². The Hall–Kier alpha value is -0.920. The molecule has 0 bridgehead atoms. The molecular formula is C12H6BrCl2F4NO. The zero-order chi connectivity index (χ0) is 16.1. The monoisotopic (exact) mass is 405 g/mol. The first-order valence-corrected chi connectivity index (χ1v) is 6.89. The average Bonchev–Trinajstić information content (AvgIpc) is 2.55. The third kappa shape index (κ3) is 2.74. The van der Waals surface area contributed by atoms with Gasteiger partial charge in [0, 0.05) is 18.2 Å². The number of aromatic nitrogens is 1. The predicted octanol–water partition coefficient (Wildman–Crippen LogP) is 5.62. The molecule has 2 aromatic rings. The number of hydrogen-bond acceptors (Lipinski definition) is 1. The van der Waals surface area contributed by atoms with Crippen LogP contribution >= 0.6 is 39.1 Å². The second-order valence-electron chi connectivity index (χ2n) is 4.17. The fourth-order valence-electron chi connectivity index (χ4n) is 1.90. The van der Waals surface area contributed by atoms with Gasteiger partial charge in [-0.1, -0.05) is 23.2 Å². The highest BCUT2D eigenvalue weighted by Crippen LogP contribution is 2.47. The Morgan fingerprint density at radius 3 is 2.29 bits per heavy atom. The summed E-state index contributed by atoms with van der Waals surface area (Å²) in [6.45, 7) is 0. The van der Waals surface area contributed by atoms with E-state index in [9.17, 15) is 22.7 Å². The van der Waals surface area contributed by atoms with Crippen LogP contribution in [0.5, 0.6) is 5.75 Å². The number of benzene rings is 1. The number of rotatable bonds is 1. The molecule has 0 radical (unpaired) electrons. The summed E-state index contributed by atoms with van der Waals surface area (Å²) in [5.74, 6) is -1.37. The van der Waals surface area contributed by atoms with Gasteiger partial charge in [0.05, 0.1) is 9.50 Å². The van der Waals surface area contributed by atoms with Crippen molar-refractivity contribution in [1.82, 2.24) is 4.57 Å². The molecule has 0 amide bonds. The van der Waals surface area contributed by atoms with Crippen LogP contribution in [0, 0.1) is 5.82 Å². The van der Waals surface area contributed by atoms with Crippen molar-refractivity contribution in [1.29, 1.82) is 0 Å². The van der Waals surface area contributed by atoms with E-state index in [0.717, 1.165) is 19.2 Å². The van der Waals surface area contributed by atoms with E-state index in [1.165, 1.54) is 0 Å². The Kier molecular flexibility index (Phi) is 4.21. The van der Waals surface area contributed by atoms with E-state index < -0.39 is 27.9 Å². The molecule has 1 aromatic carbocycles. The van der Waals surface area contributed by atoms with Gasteiger partial charge in [0.15, 0.2) is 0 Å². The maximum absolute atomic E-state index is 13.9. The molecule has 9 heteroatoms. The minimum atomic E-state index is -4.68. The minimum Gasteiger partial charge on any atom is -0.506 e. The second-order valence-corrected chi connectivity index (χ2v) is 5.73. The van der Waals surface area contributed by atoms with Crippen molar-refractivity contribution in [3.05, 3.63) is 38.3 Å². The van der Waals surface area contributed by atoms with Crippen LogP contribution in [-0.2, 0) is 13.2 Å². The molecule has 2 nitrogen and oxygen atoms in total. The van der Waals surface area contributed by atoms with Gasteiger partial charge in [-0.05, 0) is 28.1 Å². The van der Waals surface area contributed by atoms with Crippen molar-refractivity contribution in [3.8, 4) is 16.9 Å². The highest BCUT2D eigenvalue weighted by atomic mass is 79.9. The van der Waals surface area contributed by atoms with Gasteiger partial charge in [0.1, 0.15) is 22.4 Å². The SMILES string of the molecule is Cn1c(Cl)c(-c2cc(O)c(Cl)cc2F)c(Br)c1C(F)(F)F. The Morgan fingerprint density at radius 2 is 1.81 bits per heavy atom. The lowest BCUT2D eigenvalue weighted by Crippen LogP contribution is -2.11. The standard InChI is InChI=1S/C12H6BrCl2F4NO/c1-20-10(12(17,18)19)9(13)8(11(20)15)4-2-7(21)5(14)3-6(4)16/h2-3,21H,1H3. The van der Waals surface area contributed by atoms with E-state index in [1.807, 2.05) is 0 Å². The summed E-state index contributed by atoms with van der Waals surface area (Å²) in [5, 5.41) is 8.94. The summed E-state index contributed by atoms with van der Waals surface area (Å²) in [5.41, 5.74) is -1.56.